The maximum absolute atomic E-state index is 5.70. The average Bonchev–Trinajstić information content (AvgIpc) is 2.84. The molecule has 6 nitrogen and oxygen atoms in total. The number of ether oxygens (including phenoxy) is 2. The standard InChI is InChI=1S/C26H36N4O2/c1-29(2)26-27-17-21(24-22(31-3)11-8-12-23(24)32-4)25(28-26)20-13-15-30(16-14-20)18-19-9-6-5-7-10-19/h5-6,8,11-12,17,19-20H,7,9-10,13-16,18H2,1-4H3. The van der Waals surface area contributed by atoms with E-state index < -0.39 is 0 Å². The van der Waals surface area contributed by atoms with E-state index in [-0.39, 0.29) is 0 Å². The SMILES string of the molecule is COc1cccc(OC)c1-c1cnc(N(C)C)nc1C1CCN(CC2CC=CCC2)CC1. The molecule has 0 bridgehead atoms. The van der Waals surface area contributed by atoms with Gasteiger partial charge in [0.1, 0.15) is 11.5 Å². The van der Waals surface area contributed by atoms with Gasteiger partial charge in [-0.1, -0.05) is 18.2 Å². The number of allylic oxidation sites excluding steroid dienone is 2. The van der Waals surface area contributed by atoms with Gasteiger partial charge in [-0.2, -0.15) is 0 Å². The third-order valence-electron chi connectivity index (χ3n) is 6.77. The summed E-state index contributed by atoms with van der Waals surface area (Å²) in [6.07, 6.45) is 12.6. The van der Waals surface area contributed by atoms with E-state index in [4.69, 9.17) is 14.5 Å². The van der Waals surface area contributed by atoms with Crippen LogP contribution in [0.15, 0.2) is 36.5 Å². The fourth-order valence-corrected chi connectivity index (χ4v) is 5.00. The summed E-state index contributed by atoms with van der Waals surface area (Å²) in [5.41, 5.74) is 3.06. The van der Waals surface area contributed by atoms with Crippen LogP contribution in [-0.2, 0) is 0 Å². The van der Waals surface area contributed by atoms with E-state index in [9.17, 15) is 0 Å². The molecule has 32 heavy (non-hydrogen) atoms. The van der Waals surface area contributed by atoms with Crippen LogP contribution in [0, 0.1) is 5.92 Å². The Labute approximate surface area is 192 Å². The van der Waals surface area contributed by atoms with Gasteiger partial charge in [0.05, 0.1) is 25.5 Å². The Hall–Kier alpha value is -2.60. The minimum Gasteiger partial charge on any atom is -0.496 e. The third-order valence-corrected chi connectivity index (χ3v) is 6.77. The number of aromatic nitrogens is 2. The van der Waals surface area contributed by atoms with Crippen molar-refractivity contribution in [1.29, 1.82) is 0 Å². The number of piperidine rings is 1. The highest BCUT2D eigenvalue weighted by molar-refractivity contribution is 5.78. The predicted molar refractivity (Wildman–Crippen MR) is 130 cm³/mol. The van der Waals surface area contributed by atoms with Crippen molar-refractivity contribution in [3.8, 4) is 22.6 Å². The predicted octanol–water partition coefficient (Wildman–Crippen LogP) is 4.76. The molecule has 2 aromatic rings. The monoisotopic (exact) mass is 436 g/mol. The van der Waals surface area contributed by atoms with E-state index in [2.05, 4.69) is 22.0 Å². The summed E-state index contributed by atoms with van der Waals surface area (Å²) in [6, 6.07) is 5.90. The van der Waals surface area contributed by atoms with E-state index in [0.717, 1.165) is 66.1 Å². The summed E-state index contributed by atoms with van der Waals surface area (Å²) in [6.45, 7) is 3.46. The van der Waals surface area contributed by atoms with Crippen molar-refractivity contribution in [3.05, 3.63) is 42.2 Å². The zero-order chi connectivity index (χ0) is 22.5. The molecular weight excluding hydrogens is 400 g/mol. The fourth-order valence-electron chi connectivity index (χ4n) is 5.00. The Morgan fingerprint density at radius 1 is 1.03 bits per heavy atom. The van der Waals surface area contributed by atoms with Gasteiger partial charge in [0.15, 0.2) is 0 Å². The van der Waals surface area contributed by atoms with Gasteiger partial charge in [-0.25, -0.2) is 9.97 Å². The molecule has 0 saturated carbocycles. The van der Waals surface area contributed by atoms with Crippen LogP contribution in [-0.4, -0.2) is 62.8 Å². The van der Waals surface area contributed by atoms with Gasteiger partial charge in [-0.15, -0.1) is 0 Å². The van der Waals surface area contributed by atoms with E-state index in [0.29, 0.717) is 5.92 Å². The molecule has 1 aliphatic carbocycles. The number of hydrogen-bond acceptors (Lipinski definition) is 6. The summed E-state index contributed by atoms with van der Waals surface area (Å²) in [5.74, 6) is 3.52. The minimum absolute atomic E-state index is 0.392. The molecule has 1 aliphatic heterocycles. The lowest BCUT2D eigenvalue weighted by molar-refractivity contribution is 0.177. The second kappa shape index (κ2) is 10.3. The highest BCUT2D eigenvalue weighted by Crippen LogP contribution is 2.43. The van der Waals surface area contributed by atoms with Gasteiger partial charge in [-0.3, -0.25) is 0 Å². The summed E-state index contributed by atoms with van der Waals surface area (Å²) in [4.78, 5) is 14.3. The van der Waals surface area contributed by atoms with Crippen molar-refractivity contribution < 1.29 is 9.47 Å². The Balaban J connectivity index is 1.61. The first-order valence-corrected chi connectivity index (χ1v) is 11.7. The minimum atomic E-state index is 0.392. The first-order valence-electron chi connectivity index (χ1n) is 11.7. The van der Waals surface area contributed by atoms with Crippen LogP contribution in [0.3, 0.4) is 0 Å². The molecule has 1 fully saturated rings. The second-order valence-corrected chi connectivity index (χ2v) is 9.13. The fraction of sp³-hybridized carbons (Fsp3) is 0.538. The van der Waals surface area contributed by atoms with Crippen LogP contribution in [0.25, 0.3) is 11.1 Å². The van der Waals surface area contributed by atoms with E-state index in [1.54, 1.807) is 14.2 Å². The Bertz CT molecular complexity index is 913. The van der Waals surface area contributed by atoms with Crippen molar-refractivity contribution in [2.45, 2.75) is 38.0 Å². The second-order valence-electron chi connectivity index (χ2n) is 9.13. The average molecular weight is 437 g/mol. The quantitative estimate of drug-likeness (QED) is 0.583. The lowest BCUT2D eigenvalue weighted by atomic mass is 9.87. The summed E-state index contributed by atoms with van der Waals surface area (Å²) >= 11 is 0. The lowest BCUT2D eigenvalue weighted by Crippen LogP contribution is -2.37. The van der Waals surface area contributed by atoms with Gasteiger partial charge < -0.3 is 19.3 Å². The van der Waals surface area contributed by atoms with Crippen LogP contribution in [0.5, 0.6) is 11.5 Å². The summed E-state index contributed by atoms with van der Waals surface area (Å²) in [5, 5.41) is 0. The summed E-state index contributed by atoms with van der Waals surface area (Å²) in [7, 11) is 7.38. The number of hydrogen-bond donors (Lipinski definition) is 0. The Kier molecular flexibility index (Phi) is 7.30. The molecule has 6 heteroatoms. The number of methoxy groups -OCH3 is 2. The van der Waals surface area contributed by atoms with Gasteiger partial charge in [0.25, 0.3) is 0 Å². The van der Waals surface area contributed by atoms with Crippen molar-refractivity contribution in [2.75, 3.05) is 52.8 Å². The zero-order valence-corrected chi connectivity index (χ0v) is 19.9. The highest BCUT2D eigenvalue weighted by Gasteiger charge is 2.28. The normalized spacial score (nSPS) is 19.7. The molecule has 1 atom stereocenters. The molecule has 2 heterocycles. The van der Waals surface area contributed by atoms with E-state index in [1.165, 1.54) is 25.8 Å². The molecule has 1 unspecified atom stereocenters. The van der Waals surface area contributed by atoms with Gasteiger partial charge in [0, 0.05) is 38.3 Å². The molecule has 0 amide bonds. The third kappa shape index (κ3) is 4.90. The lowest BCUT2D eigenvalue weighted by Gasteiger charge is -2.35. The van der Waals surface area contributed by atoms with Crippen molar-refractivity contribution >= 4 is 5.95 Å². The van der Waals surface area contributed by atoms with Gasteiger partial charge >= 0.3 is 0 Å². The molecule has 4 rings (SSSR count). The maximum Gasteiger partial charge on any atom is 0.225 e. The number of nitrogens with zero attached hydrogens (tertiary/aromatic N) is 4. The van der Waals surface area contributed by atoms with Crippen molar-refractivity contribution in [3.63, 3.8) is 0 Å². The van der Waals surface area contributed by atoms with Crippen LogP contribution in [0.2, 0.25) is 0 Å². The van der Waals surface area contributed by atoms with E-state index in [1.807, 2.05) is 43.4 Å². The number of rotatable bonds is 7. The van der Waals surface area contributed by atoms with E-state index >= 15 is 0 Å². The molecule has 1 aromatic carbocycles. The van der Waals surface area contributed by atoms with Crippen LogP contribution in [0.4, 0.5) is 5.95 Å². The zero-order valence-electron chi connectivity index (χ0n) is 19.9. The molecule has 2 aliphatic rings. The Morgan fingerprint density at radius 3 is 2.34 bits per heavy atom. The van der Waals surface area contributed by atoms with Crippen LogP contribution >= 0.6 is 0 Å². The number of anilines is 1. The van der Waals surface area contributed by atoms with Crippen molar-refractivity contribution in [2.24, 2.45) is 5.92 Å². The van der Waals surface area contributed by atoms with Crippen LogP contribution in [0.1, 0.15) is 43.7 Å². The molecule has 0 spiro atoms. The molecule has 1 saturated heterocycles. The Morgan fingerprint density at radius 2 is 1.75 bits per heavy atom. The van der Waals surface area contributed by atoms with Gasteiger partial charge in [0.2, 0.25) is 5.95 Å². The summed E-state index contributed by atoms with van der Waals surface area (Å²) < 4.78 is 11.4. The molecule has 0 N–H and O–H groups in total. The number of benzene rings is 1. The largest absolute Gasteiger partial charge is 0.496 e. The smallest absolute Gasteiger partial charge is 0.225 e. The molecule has 0 radical (unpaired) electrons. The first-order chi connectivity index (χ1) is 15.6. The number of likely N-dealkylation sites (tertiary alicyclic amines) is 1. The maximum atomic E-state index is 5.70. The molecular formula is C26H36N4O2. The van der Waals surface area contributed by atoms with Gasteiger partial charge in [-0.05, 0) is 63.2 Å². The molecule has 172 valence electrons. The topological polar surface area (TPSA) is 50.7 Å². The molecule has 1 aromatic heterocycles. The van der Waals surface area contributed by atoms with Crippen molar-refractivity contribution in [1.82, 2.24) is 14.9 Å². The highest BCUT2D eigenvalue weighted by atomic mass is 16.5. The first kappa shape index (κ1) is 22.6. The van der Waals surface area contributed by atoms with Crippen LogP contribution < -0.4 is 14.4 Å².